The van der Waals surface area contributed by atoms with Crippen LogP contribution in [0, 0.1) is 6.92 Å². The highest BCUT2D eigenvalue weighted by Crippen LogP contribution is 2.31. The van der Waals surface area contributed by atoms with E-state index in [1.807, 2.05) is 27.4 Å². The molecular formula is C16H22N6O2. The van der Waals surface area contributed by atoms with E-state index in [0.717, 1.165) is 30.8 Å². The van der Waals surface area contributed by atoms with E-state index in [2.05, 4.69) is 22.3 Å². The normalized spacial score (nSPS) is 23.0. The number of aromatic nitrogens is 5. The third-order valence-electron chi connectivity index (χ3n) is 4.85. The van der Waals surface area contributed by atoms with E-state index < -0.39 is 0 Å². The molecule has 4 rings (SSSR count). The Kier molecular flexibility index (Phi) is 3.84. The first-order valence-electron chi connectivity index (χ1n) is 8.51. The average Bonchev–Trinajstić information content (AvgIpc) is 3.20. The molecule has 0 saturated carbocycles. The van der Waals surface area contributed by atoms with Crippen molar-refractivity contribution in [2.24, 2.45) is 0 Å². The molecule has 2 atom stereocenters. The first kappa shape index (κ1) is 15.3. The molecule has 8 nitrogen and oxygen atoms in total. The quantitative estimate of drug-likeness (QED) is 0.844. The minimum absolute atomic E-state index is 0.0251. The van der Waals surface area contributed by atoms with Crippen molar-refractivity contribution in [2.45, 2.75) is 52.0 Å². The van der Waals surface area contributed by atoms with Crippen molar-refractivity contribution in [3.8, 4) is 0 Å². The fourth-order valence-corrected chi connectivity index (χ4v) is 3.61. The van der Waals surface area contributed by atoms with Crippen LogP contribution in [-0.4, -0.2) is 54.8 Å². The lowest BCUT2D eigenvalue weighted by molar-refractivity contribution is -0.0627. The maximum absolute atomic E-state index is 12.9. The number of likely N-dealkylation sites (tertiary alicyclic amines) is 1. The Bertz CT molecular complexity index is 752. The summed E-state index contributed by atoms with van der Waals surface area (Å²) in [5, 5.41) is 12.6. The number of amides is 1. The van der Waals surface area contributed by atoms with Gasteiger partial charge in [-0.2, -0.15) is 5.10 Å². The summed E-state index contributed by atoms with van der Waals surface area (Å²) in [7, 11) is 0. The Balaban J connectivity index is 1.50. The molecule has 1 saturated heterocycles. The van der Waals surface area contributed by atoms with Crippen molar-refractivity contribution in [3.63, 3.8) is 0 Å². The summed E-state index contributed by atoms with van der Waals surface area (Å²) in [6, 6.07) is 0.171. The van der Waals surface area contributed by atoms with Crippen LogP contribution in [0.3, 0.4) is 0 Å². The Morgan fingerprint density at radius 1 is 1.46 bits per heavy atom. The number of hydrogen-bond acceptors (Lipinski definition) is 5. The van der Waals surface area contributed by atoms with Crippen LogP contribution in [0.1, 0.15) is 47.6 Å². The predicted molar refractivity (Wildman–Crippen MR) is 85.4 cm³/mol. The Hall–Kier alpha value is -2.22. The monoisotopic (exact) mass is 330 g/mol. The SMILES string of the molecule is CCCn1cc(C(=O)N2CC[C@H]3[C@H](C2)OCc2cnnn23)c(C)n1. The van der Waals surface area contributed by atoms with E-state index in [9.17, 15) is 4.79 Å². The minimum atomic E-state index is -0.0251. The van der Waals surface area contributed by atoms with Gasteiger partial charge in [0.2, 0.25) is 0 Å². The molecule has 0 bridgehead atoms. The number of carbonyl (C=O) groups excluding carboxylic acids is 1. The van der Waals surface area contributed by atoms with Gasteiger partial charge in [0.1, 0.15) is 0 Å². The fourth-order valence-electron chi connectivity index (χ4n) is 3.61. The van der Waals surface area contributed by atoms with Crippen LogP contribution in [-0.2, 0) is 17.9 Å². The van der Waals surface area contributed by atoms with Gasteiger partial charge in [-0.3, -0.25) is 9.48 Å². The zero-order chi connectivity index (χ0) is 16.7. The third kappa shape index (κ3) is 2.50. The second-order valence-corrected chi connectivity index (χ2v) is 6.52. The number of ether oxygens (including phenoxy) is 1. The van der Waals surface area contributed by atoms with Gasteiger partial charge in [0.25, 0.3) is 5.91 Å². The molecule has 2 aromatic rings. The second-order valence-electron chi connectivity index (χ2n) is 6.52. The van der Waals surface area contributed by atoms with Crippen molar-refractivity contribution in [3.05, 3.63) is 29.3 Å². The molecule has 0 spiro atoms. The Morgan fingerprint density at radius 2 is 2.33 bits per heavy atom. The van der Waals surface area contributed by atoms with E-state index in [1.165, 1.54) is 0 Å². The van der Waals surface area contributed by atoms with Crippen molar-refractivity contribution in [1.29, 1.82) is 0 Å². The highest BCUT2D eigenvalue weighted by atomic mass is 16.5. The number of hydrogen-bond donors (Lipinski definition) is 0. The summed E-state index contributed by atoms with van der Waals surface area (Å²) in [5.41, 5.74) is 2.49. The summed E-state index contributed by atoms with van der Waals surface area (Å²) in [6.45, 7) is 6.61. The molecule has 0 N–H and O–H groups in total. The summed E-state index contributed by atoms with van der Waals surface area (Å²) in [4.78, 5) is 14.8. The molecule has 2 aromatic heterocycles. The number of piperidine rings is 1. The number of aryl methyl sites for hydroxylation is 2. The lowest BCUT2D eigenvalue weighted by Crippen LogP contribution is -2.50. The van der Waals surface area contributed by atoms with Crippen molar-refractivity contribution < 1.29 is 9.53 Å². The zero-order valence-corrected chi connectivity index (χ0v) is 14.1. The maximum atomic E-state index is 12.9. The number of rotatable bonds is 3. The molecule has 2 aliphatic rings. The van der Waals surface area contributed by atoms with Crippen LogP contribution in [0.2, 0.25) is 0 Å². The number of nitrogens with zero attached hydrogens (tertiary/aromatic N) is 6. The molecule has 24 heavy (non-hydrogen) atoms. The van der Waals surface area contributed by atoms with Crippen LogP contribution in [0.4, 0.5) is 0 Å². The molecule has 0 radical (unpaired) electrons. The van der Waals surface area contributed by atoms with Crippen molar-refractivity contribution >= 4 is 5.91 Å². The van der Waals surface area contributed by atoms with Gasteiger partial charge in [0, 0.05) is 25.8 Å². The zero-order valence-electron chi connectivity index (χ0n) is 14.1. The first-order chi connectivity index (χ1) is 11.7. The van der Waals surface area contributed by atoms with E-state index in [1.54, 1.807) is 6.20 Å². The van der Waals surface area contributed by atoms with Gasteiger partial charge in [0.15, 0.2) is 0 Å². The summed E-state index contributed by atoms with van der Waals surface area (Å²) < 4.78 is 9.76. The van der Waals surface area contributed by atoms with Crippen LogP contribution in [0.5, 0.6) is 0 Å². The van der Waals surface area contributed by atoms with E-state index >= 15 is 0 Å². The first-order valence-corrected chi connectivity index (χ1v) is 8.51. The molecule has 0 aliphatic carbocycles. The molecule has 8 heteroatoms. The lowest BCUT2D eigenvalue weighted by atomic mass is 9.99. The average molecular weight is 330 g/mol. The predicted octanol–water partition coefficient (Wildman–Crippen LogP) is 1.18. The standard InChI is InChI=1S/C16H22N6O2/c1-3-5-21-8-13(11(2)18-21)16(23)20-6-4-14-15(9-20)24-10-12-7-17-19-22(12)14/h7-8,14-15H,3-6,9-10H2,1-2H3/t14-,15-/m0/s1. The van der Waals surface area contributed by atoms with Crippen LogP contribution in [0.25, 0.3) is 0 Å². The van der Waals surface area contributed by atoms with Crippen LogP contribution >= 0.6 is 0 Å². The van der Waals surface area contributed by atoms with Crippen molar-refractivity contribution in [2.75, 3.05) is 13.1 Å². The highest BCUT2D eigenvalue weighted by molar-refractivity contribution is 5.95. The third-order valence-corrected chi connectivity index (χ3v) is 4.85. The van der Waals surface area contributed by atoms with E-state index in [-0.39, 0.29) is 18.1 Å². The van der Waals surface area contributed by atoms with Gasteiger partial charge >= 0.3 is 0 Å². The lowest BCUT2D eigenvalue weighted by Gasteiger charge is -2.40. The van der Waals surface area contributed by atoms with Gasteiger partial charge < -0.3 is 9.64 Å². The number of carbonyl (C=O) groups is 1. The Labute approximate surface area is 140 Å². The van der Waals surface area contributed by atoms with E-state index in [0.29, 0.717) is 25.3 Å². The van der Waals surface area contributed by atoms with E-state index in [4.69, 9.17) is 4.74 Å². The van der Waals surface area contributed by atoms with Gasteiger partial charge in [-0.25, -0.2) is 4.68 Å². The maximum Gasteiger partial charge on any atom is 0.257 e. The highest BCUT2D eigenvalue weighted by Gasteiger charge is 2.38. The number of fused-ring (bicyclic) bond motifs is 3. The molecule has 2 aliphatic heterocycles. The molecule has 1 fully saturated rings. The molecule has 0 aromatic carbocycles. The molecule has 1 amide bonds. The van der Waals surface area contributed by atoms with Gasteiger partial charge in [-0.15, -0.1) is 5.10 Å². The summed E-state index contributed by atoms with van der Waals surface area (Å²) >= 11 is 0. The molecule has 0 unspecified atom stereocenters. The fraction of sp³-hybridized carbons (Fsp3) is 0.625. The topological polar surface area (TPSA) is 78.1 Å². The van der Waals surface area contributed by atoms with Gasteiger partial charge in [-0.05, 0) is 19.8 Å². The van der Waals surface area contributed by atoms with Crippen molar-refractivity contribution in [1.82, 2.24) is 29.7 Å². The largest absolute Gasteiger partial charge is 0.368 e. The van der Waals surface area contributed by atoms with Crippen LogP contribution in [0.15, 0.2) is 12.4 Å². The minimum Gasteiger partial charge on any atom is -0.368 e. The van der Waals surface area contributed by atoms with Gasteiger partial charge in [0.05, 0.1) is 41.9 Å². The Morgan fingerprint density at radius 3 is 3.17 bits per heavy atom. The summed E-state index contributed by atoms with van der Waals surface area (Å²) in [6.07, 6.45) is 5.41. The molecule has 128 valence electrons. The molecule has 4 heterocycles. The van der Waals surface area contributed by atoms with Gasteiger partial charge in [-0.1, -0.05) is 12.1 Å². The van der Waals surface area contributed by atoms with Crippen LogP contribution < -0.4 is 0 Å². The smallest absolute Gasteiger partial charge is 0.257 e. The summed E-state index contributed by atoms with van der Waals surface area (Å²) in [5.74, 6) is 0.0429. The molecular weight excluding hydrogens is 308 g/mol. The second kappa shape index (κ2) is 6.01.